The third-order valence-electron chi connectivity index (χ3n) is 5.91. The number of hydrogen-bond donors (Lipinski definition) is 0. The standard InChI is InChI=1S/C25H23N3O3S/c1-5-19-26-27-25(32-19)28-21(16-9-7-15(8-10-16)13(2)3)20-22(29)17-12-14(4)6-11-18(17)31-23(20)24(28)30/h6-13,21H,5H2,1-4H3/t21-/m1/s1. The number of fused-ring (bicyclic) bond motifs is 2. The van der Waals surface area contributed by atoms with Crippen LogP contribution in [0.15, 0.2) is 51.7 Å². The number of aromatic nitrogens is 2. The van der Waals surface area contributed by atoms with Gasteiger partial charge in [-0.2, -0.15) is 0 Å². The molecule has 2 aromatic carbocycles. The molecule has 0 radical (unpaired) electrons. The molecule has 0 bridgehead atoms. The zero-order valence-electron chi connectivity index (χ0n) is 18.4. The average molecular weight is 446 g/mol. The summed E-state index contributed by atoms with van der Waals surface area (Å²) in [6.07, 6.45) is 0.723. The number of carbonyl (C=O) groups is 1. The van der Waals surface area contributed by atoms with Crippen LogP contribution in [0.4, 0.5) is 5.13 Å². The van der Waals surface area contributed by atoms with Gasteiger partial charge in [-0.15, -0.1) is 10.2 Å². The Labute approximate surface area is 189 Å². The van der Waals surface area contributed by atoms with Gasteiger partial charge in [0.05, 0.1) is 17.0 Å². The maximum absolute atomic E-state index is 13.6. The summed E-state index contributed by atoms with van der Waals surface area (Å²) in [5.74, 6) is 0.0961. The molecule has 1 aliphatic rings. The van der Waals surface area contributed by atoms with E-state index >= 15 is 0 Å². The highest BCUT2D eigenvalue weighted by molar-refractivity contribution is 7.15. The van der Waals surface area contributed by atoms with Crippen LogP contribution in [0.3, 0.4) is 0 Å². The van der Waals surface area contributed by atoms with E-state index in [4.69, 9.17) is 4.42 Å². The number of nitrogens with zero attached hydrogens (tertiary/aromatic N) is 3. The van der Waals surface area contributed by atoms with Crippen molar-refractivity contribution < 1.29 is 9.21 Å². The Morgan fingerprint density at radius 3 is 2.50 bits per heavy atom. The molecule has 0 saturated carbocycles. The minimum Gasteiger partial charge on any atom is -0.450 e. The van der Waals surface area contributed by atoms with Crippen LogP contribution in [0.25, 0.3) is 11.0 Å². The Hall–Kier alpha value is -3.32. The molecule has 6 nitrogen and oxygen atoms in total. The number of carbonyl (C=O) groups excluding carboxylic acids is 1. The SMILES string of the molecule is CCc1nnc(N2C(=O)c3oc4ccc(C)cc4c(=O)c3[C@H]2c2ccc(C(C)C)cc2)s1. The minimum atomic E-state index is -0.613. The summed E-state index contributed by atoms with van der Waals surface area (Å²) in [4.78, 5) is 28.8. The van der Waals surface area contributed by atoms with E-state index in [0.717, 1.165) is 22.6 Å². The number of amides is 1. The lowest BCUT2D eigenvalue weighted by molar-refractivity contribution is 0.0970. The van der Waals surface area contributed by atoms with Crippen LogP contribution in [0, 0.1) is 6.92 Å². The fourth-order valence-electron chi connectivity index (χ4n) is 4.15. The Morgan fingerprint density at radius 1 is 1.09 bits per heavy atom. The summed E-state index contributed by atoms with van der Waals surface area (Å²) in [6.45, 7) is 8.19. The molecule has 0 saturated heterocycles. The zero-order chi connectivity index (χ0) is 22.6. The zero-order valence-corrected chi connectivity index (χ0v) is 19.2. The van der Waals surface area contributed by atoms with Gasteiger partial charge in [-0.1, -0.05) is 68.0 Å². The molecule has 0 N–H and O–H groups in total. The van der Waals surface area contributed by atoms with Gasteiger partial charge in [0.2, 0.25) is 10.9 Å². The summed E-state index contributed by atoms with van der Waals surface area (Å²) in [5, 5.41) is 10.2. The Balaban J connectivity index is 1.77. The first kappa shape index (κ1) is 20.6. The lowest BCUT2D eigenvalue weighted by Crippen LogP contribution is -2.29. The molecule has 0 unspecified atom stereocenters. The number of anilines is 1. The molecule has 1 aliphatic heterocycles. The third kappa shape index (κ3) is 3.15. The lowest BCUT2D eigenvalue weighted by Gasteiger charge is -2.22. The van der Waals surface area contributed by atoms with Crippen LogP contribution >= 0.6 is 11.3 Å². The van der Waals surface area contributed by atoms with E-state index in [2.05, 4.69) is 24.0 Å². The summed E-state index contributed by atoms with van der Waals surface area (Å²) >= 11 is 1.36. The highest BCUT2D eigenvalue weighted by Gasteiger charge is 2.45. The maximum Gasteiger partial charge on any atom is 0.297 e. The van der Waals surface area contributed by atoms with Crippen LogP contribution in [-0.4, -0.2) is 16.1 Å². The van der Waals surface area contributed by atoms with Crippen molar-refractivity contribution in [1.82, 2.24) is 10.2 Å². The van der Waals surface area contributed by atoms with Crippen LogP contribution in [0.5, 0.6) is 0 Å². The monoisotopic (exact) mass is 445 g/mol. The van der Waals surface area contributed by atoms with E-state index in [1.807, 2.05) is 50.2 Å². The van der Waals surface area contributed by atoms with E-state index in [0.29, 0.717) is 27.6 Å². The van der Waals surface area contributed by atoms with E-state index in [1.165, 1.54) is 16.9 Å². The summed E-state index contributed by atoms with van der Waals surface area (Å²) < 4.78 is 6.02. The third-order valence-corrected chi connectivity index (χ3v) is 6.98. The molecule has 4 aromatic rings. The van der Waals surface area contributed by atoms with Crippen molar-refractivity contribution in [1.29, 1.82) is 0 Å². The molecule has 162 valence electrons. The van der Waals surface area contributed by atoms with E-state index in [1.54, 1.807) is 11.0 Å². The molecule has 0 fully saturated rings. The first-order chi connectivity index (χ1) is 15.4. The van der Waals surface area contributed by atoms with Crippen molar-refractivity contribution in [3.05, 3.63) is 85.7 Å². The lowest BCUT2D eigenvalue weighted by atomic mass is 9.95. The normalized spacial score (nSPS) is 15.7. The molecule has 5 rings (SSSR count). The molecule has 32 heavy (non-hydrogen) atoms. The predicted molar refractivity (Wildman–Crippen MR) is 126 cm³/mol. The van der Waals surface area contributed by atoms with Gasteiger partial charge in [-0.05, 0) is 42.5 Å². The predicted octanol–water partition coefficient (Wildman–Crippen LogP) is 5.39. The van der Waals surface area contributed by atoms with Crippen LogP contribution in [-0.2, 0) is 6.42 Å². The topological polar surface area (TPSA) is 76.3 Å². The van der Waals surface area contributed by atoms with Gasteiger partial charge < -0.3 is 4.42 Å². The van der Waals surface area contributed by atoms with E-state index in [-0.39, 0.29) is 17.1 Å². The fraction of sp³-hybridized carbons (Fsp3) is 0.280. The van der Waals surface area contributed by atoms with Gasteiger partial charge in [0.1, 0.15) is 10.6 Å². The highest BCUT2D eigenvalue weighted by atomic mass is 32.1. The van der Waals surface area contributed by atoms with E-state index in [9.17, 15) is 9.59 Å². The minimum absolute atomic E-state index is 0.0811. The summed E-state index contributed by atoms with van der Waals surface area (Å²) in [6, 6.07) is 12.9. The second-order valence-corrected chi connectivity index (χ2v) is 9.45. The molecular formula is C25H23N3O3S. The highest BCUT2D eigenvalue weighted by Crippen LogP contribution is 2.42. The van der Waals surface area contributed by atoms with E-state index < -0.39 is 6.04 Å². The van der Waals surface area contributed by atoms with Crippen molar-refractivity contribution in [3.63, 3.8) is 0 Å². The van der Waals surface area contributed by atoms with Gasteiger partial charge in [-0.25, -0.2) is 0 Å². The van der Waals surface area contributed by atoms with Gasteiger partial charge in [0, 0.05) is 0 Å². The molecule has 7 heteroatoms. The van der Waals surface area contributed by atoms with Crippen LogP contribution in [0.2, 0.25) is 0 Å². The van der Waals surface area contributed by atoms with Gasteiger partial charge >= 0.3 is 0 Å². The first-order valence-corrected chi connectivity index (χ1v) is 11.5. The fourth-order valence-corrected chi connectivity index (χ4v) is 4.95. The Kier molecular flexibility index (Phi) is 4.93. The average Bonchev–Trinajstić information content (AvgIpc) is 3.37. The number of aryl methyl sites for hydroxylation is 2. The van der Waals surface area contributed by atoms with Crippen molar-refractivity contribution in [3.8, 4) is 0 Å². The molecule has 1 amide bonds. The van der Waals surface area contributed by atoms with Gasteiger partial charge in [-0.3, -0.25) is 14.5 Å². The first-order valence-electron chi connectivity index (χ1n) is 10.7. The van der Waals surface area contributed by atoms with Crippen molar-refractivity contribution in [2.45, 2.75) is 46.1 Å². The molecule has 0 aliphatic carbocycles. The molecule has 2 aromatic heterocycles. The number of rotatable bonds is 4. The van der Waals surface area contributed by atoms with Crippen molar-refractivity contribution in [2.75, 3.05) is 4.90 Å². The summed E-state index contributed by atoms with van der Waals surface area (Å²) in [5.41, 5.74) is 3.58. The molecule has 1 atom stereocenters. The second kappa shape index (κ2) is 7.67. The van der Waals surface area contributed by atoms with Crippen molar-refractivity contribution in [2.24, 2.45) is 0 Å². The van der Waals surface area contributed by atoms with Crippen LogP contribution in [0.1, 0.15) is 70.5 Å². The second-order valence-electron chi connectivity index (χ2n) is 8.40. The quantitative estimate of drug-likeness (QED) is 0.421. The molecule has 0 spiro atoms. The Bertz CT molecular complexity index is 1400. The maximum atomic E-state index is 13.6. The van der Waals surface area contributed by atoms with Gasteiger partial charge in [0.15, 0.2) is 5.43 Å². The van der Waals surface area contributed by atoms with Crippen molar-refractivity contribution >= 4 is 33.3 Å². The Morgan fingerprint density at radius 2 is 1.84 bits per heavy atom. The smallest absolute Gasteiger partial charge is 0.297 e. The molecule has 3 heterocycles. The molecular weight excluding hydrogens is 422 g/mol. The number of benzene rings is 2. The largest absolute Gasteiger partial charge is 0.450 e. The van der Waals surface area contributed by atoms with Crippen LogP contribution < -0.4 is 10.3 Å². The number of hydrogen-bond acceptors (Lipinski definition) is 6. The summed E-state index contributed by atoms with van der Waals surface area (Å²) in [7, 11) is 0. The van der Waals surface area contributed by atoms with Gasteiger partial charge in [0.25, 0.3) is 5.91 Å².